The first-order chi connectivity index (χ1) is 28.0. The summed E-state index contributed by atoms with van der Waals surface area (Å²) in [6, 6.07) is 8.69. The van der Waals surface area contributed by atoms with E-state index in [1.165, 1.54) is 37.6 Å². The quantitative estimate of drug-likeness (QED) is 0.0382. The second-order valence-corrected chi connectivity index (χ2v) is 21.7. The van der Waals surface area contributed by atoms with Gasteiger partial charge in [0.2, 0.25) is 15.4 Å². The zero-order valence-electron chi connectivity index (χ0n) is 36.0. The zero-order chi connectivity index (χ0) is 44.5. The topological polar surface area (TPSA) is 258 Å². The van der Waals surface area contributed by atoms with Crippen molar-refractivity contribution in [2.45, 2.75) is 74.0 Å². The monoisotopic (exact) mass is 961 g/mol. The summed E-state index contributed by atoms with van der Waals surface area (Å²) in [5.41, 5.74) is 1.50. The van der Waals surface area contributed by atoms with Crippen LogP contribution in [0.4, 0.5) is 5.69 Å². The van der Waals surface area contributed by atoms with Crippen LogP contribution in [0, 0.1) is 0 Å². The van der Waals surface area contributed by atoms with E-state index >= 15 is 0 Å². The van der Waals surface area contributed by atoms with E-state index in [4.69, 9.17) is 14.3 Å². The number of rotatable bonds is 23. The van der Waals surface area contributed by atoms with Gasteiger partial charge in [0.1, 0.15) is 38.8 Å². The van der Waals surface area contributed by atoms with Crippen LogP contribution < -0.4 is 78.7 Å². The Hall–Kier alpha value is -1.96. The summed E-state index contributed by atoms with van der Waals surface area (Å²) in [5, 5.41) is 9.43. The van der Waals surface area contributed by atoms with E-state index in [1.54, 1.807) is 41.9 Å². The van der Waals surface area contributed by atoms with Crippen LogP contribution >= 0.6 is 0 Å². The smallest absolute Gasteiger partial charge is 0.744 e. The SMILES string of the molecule is CC[N+](CCCS(C)(=O)=O)=c1cc2occc(/C=C/C=C3/N(CCCCCC(=O)O)c4ccc(S(=O)(=O)[O-])cc4C3(C)CCCS(=O)(=O)O)c-2cc1S(=O)(=O)NCCOC.[Na+].[Na+]. The first-order valence-electron chi connectivity index (χ1n) is 19.2. The number of allylic oxidation sites excluding steroid dienone is 3. The fraction of sp³-hybridized carbons (Fsp3) is 0.487. The molecule has 1 aliphatic carbocycles. The maximum atomic E-state index is 13.8. The van der Waals surface area contributed by atoms with Gasteiger partial charge in [0.05, 0.1) is 35.3 Å². The van der Waals surface area contributed by atoms with Crippen LogP contribution in [0.3, 0.4) is 0 Å². The minimum absolute atomic E-state index is 0. The Morgan fingerprint density at radius 3 is 2.31 bits per heavy atom. The molecule has 2 aliphatic heterocycles. The number of methoxy groups -OCH3 is 1. The number of fused-ring (bicyclic) bond motifs is 2. The maximum Gasteiger partial charge on any atom is 1.00 e. The van der Waals surface area contributed by atoms with Gasteiger partial charge in [-0.05, 0) is 87.1 Å². The van der Waals surface area contributed by atoms with Crippen molar-refractivity contribution < 1.29 is 121 Å². The Bertz CT molecular complexity index is 2600. The molecule has 0 spiro atoms. The van der Waals surface area contributed by atoms with E-state index < -0.39 is 62.1 Å². The molecule has 62 heavy (non-hydrogen) atoms. The van der Waals surface area contributed by atoms with Crippen LogP contribution in [0.5, 0.6) is 0 Å². The molecule has 2 heterocycles. The Kier molecular flexibility index (Phi) is 21.7. The molecule has 0 bridgehead atoms. The summed E-state index contributed by atoms with van der Waals surface area (Å²) in [4.78, 5) is 12.5. The van der Waals surface area contributed by atoms with Gasteiger partial charge in [-0.3, -0.25) is 9.35 Å². The van der Waals surface area contributed by atoms with Gasteiger partial charge >= 0.3 is 65.1 Å². The first kappa shape index (κ1) is 56.2. The third-order valence-electron chi connectivity index (χ3n) is 10.2. The molecule has 1 atom stereocenters. The minimum Gasteiger partial charge on any atom is -0.744 e. The number of aliphatic carboxylic acids is 1. The van der Waals surface area contributed by atoms with Gasteiger partial charge in [0.15, 0.2) is 4.90 Å². The Balaban J connectivity index is 0.00000661. The van der Waals surface area contributed by atoms with Gasteiger partial charge in [-0.1, -0.05) is 18.6 Å². The van der Waals surface area contributed by atoms with E-state index in [9.17, 15) is 47.6 Å². The van der Waals surface area contributed by atoms with Gasteiger partial charge in [0, 0.05) is 61.7 Å². The van der Waals surface area contributed by atoms with Crippen molar-refractivity contribution in [1.29, 1.82) is 0 Å². The Morgan fingerprint density at radius 2 is 1.69 bits per heavy atom. The van der Waals surface area contributed by atoms with Gasteiger partial charge in [-0.2, -0.15) is 8.42 Å². The van der Waals surface area contributed by atoms with Crippen molar-refractivity contribution in [3.8, 4) is 11.3 Å². The van der Waals surface area contributed by atoms with Crippen molar-refractivity contribution >= 4 is 57.8 Å². The zero-order valence-corrected chi connectivity index (χ0v) is 43.3. The van der Waals surface area contributed by atoms with Crippen LogP contribution in [0.1, 0.15) is 69.9 Å². The Morgan fingerprint density at radius 1 is 0.984 bits per heavy atom. The summed E-state index contributed by atoms with van der Waals surface area (Å²) in [5.74, 6) is -1.27. The molecule has 0 radical (unpaired) electrons. The molecular weight excluding hydrogens is 909 g/mol. The van der Waals surface area contributed by atoms with Gasteiger partial charge in [0.25, 0.3) is 10.1 Å². The number of ether oxygens (including phenoxy) is 1. The number of hydrogen-bond acceptors (Lipinski definition) is 13. The number of carboxylic acid groups (broad SMARTS) is 1. The first-order valence-corrected chi connectivity index (χ1v) is 25.8. The summed E-state index contributed by atoms with van der Waals surface area (Å²) in [6.07, 6.45) is 9.54. The van der Waals surface area contributed by atoms with Gasteiger partial charge in [-0.15, -0.1) is 0 Å². The van der Waals surface area contributed by atoms with E-state index in [1.807, 2.05) is 11.8 Å². The standard InChI is InChI=1S/C39H53N3O14S4.2Na/c1-5-41(20-11-24-57(4,45)46)34-28-35-31(27-36(34)59(50,51)40-19-23-55-3)29(17-22-56-35)12-9-13-37-39(2,18-10-25-58(47,48)49)32-26-30(60(52,53)54)15-16-33(32)42(37)21-8-6-7-14-38(43)44;;/h9,12-13,15-17,22,26-28,40H,5-8,10-11,14,18-21,23-25H2,1-4H3,(H2-,43,44,47,48,49,52,53,54);;/q;2*+1. The number of hydrogen-bond donors (Lipinski definition) is 3. The third kappa shape index (κ3) is 15.6. The number of carboxylic acids is 1. The van der Waals surface area contributed by atoms with Crippen molar-refractivity contribution in [1.82, 2.24) is 9.30 Å². The molecule has 3 aliphatic rings. The third-order valence-corrected chi connectivity index (χ3v) is 14.4. The Labute approximate surface area is 409 Å². The van der Waals surface area contributed by atoms with Gasteiger partial charge in [-0.25, -0.2) is 34.6 Å². The molecule has 3 N–H and O–H groups in total. The normalized spacial score (nSPS) is 16.9. The molecule has 0 saturated carbocycles. The van der Waals surface area contributed by atoms with Crippen LogP contribution in [0.2, 0.25) is 0 Å². The molecule has 17 nitrogen and oxygen atoms in total. The van der Waals surface area contributed by atoms with Crippen LogP contribution in [-0.2, 0) is 55.0 Å². The number of benzene rings is 2. The summed E-state index contributed by atoms with van der Waals surface area (Å²) in [6.45, 7) is 4.65. The molecule has 0 aromatic heterocycles. The average molecular weight is 962 g/mol. The predicted octanol–water partition coefficient (Wildman–Crippen LogP) is -2.56. The second kappa shape index (κ2) is 24.0. The van der Waals surface area contributed by atoms with Crippen LogP contribution in [0.15, 0.2) is 74.7 Å². The van der Waals surface area contributed by atoms with Crippen LogP contribution in [-0.4, -0.2) is 112 Å². The summed E-state index contributed by atoms with van der Waals surface area (Å²) >= 11 is 0. The van der Waals surface area contributed by atoms with Crippen molar-refractivity contribution in [3.05, 3.63) is 77.0 Å². The molecule has 0 saturated heterocycles. The maximum absolute atomic E-state index is 13.8. The van der Waals surface area contributed by atoms with Crippen molar-refractivity contribution in [2.75, 3.05) is 62.6 Å². The van der Waals surface area contributed by atoms with E-state index in [-0.39, 0.29) is 115 Å². The molecular formula is C39H53N3Na2O14S4+2. The number of unbranched alkanes of at least 4 members (excludes halogenated alkanes) is 2. The average Bonchev–Trinajstić information content (AvgIpc) is 3.37. The second-order valence-electron chi connectivity index (χ2n) is 14.8. The van der Waals surface area contributed by atoms with E-state index in [0.29, 0.717) is 71.5 Å². The van der Waals surface area contributed by atoms with E-state index in [2.05, 4.69) is 4.72 Å². The van der Waals surface area contributed by atoms with Crippen LogP contribution in [0.25, 0.3) is 17.4 Å². The number of sulfone groups is 1. The van der Waals surface area contributed by atoms with Crippen molar-refractivity contribution in [3.63, 3.8) is 0 Å². The molecule has 1 aromatic rings. The number of anilines is 1. The molecule has 0 fully saturated rings. The summed E-state index contributed by atoms with van der Waals surface area (Å²) in [7, 11) is -15.2. The molecule has 332 valence electrons. The number of carbonyl (C=O) groups is 1. The minimum atomic E-state index is -4.88. The number of nitrogens with zero attached hydrogens (tertiary/aromatic N) is 2. The molecule has 23 heteroatoms. The molecule has 0 amide bonds. The summed E-state index contributed by atoms with van der Waals surface area (Å²) < 4.78 is 136. The molecule has 1 unspecified atom stereocenters. The number of sulfonamides is 1. The molecule has 1 aromatic carbocycles. The molecule has 4 rings (SSSR count). The van der Waals surface area contributed by atoms with E-state index in [0.717, 1.165) is 6.26 Å². The fourth-order valence-corrected chi connectivity index (χ4v) is 10.2. The number of nitrogens with one attached hydrogen (secondary N) is 1. The largest absolute Gasteiger partial charge is 1.00 e. The van der Waals surface area contributed by atoms with Gasteiger partial charge < -0.3 is 23.7 Å². The fourth-order valence-electron chi connectivity index (χ4n) is 7.34. The predicted molar refractivity (Wildman–Crippen MR) is 225 cm³/mol. The van der Waals surface area contributed by atoms with Crippen molar-refractivity contribution in [2.24, 2.45) is 0 Å².